The summed E-state index contributed by atoms with van der Waals surface area (Å²) < 4.78 is 0. The first-order valence-corrected chi connectivity index (χ1v) is 6.51. The highest BCUT2D eigenvalue weighted by molar-refractivity contribution is 6.33. The van der Waals surface area contributed by atoms with Gasteiger partial charge in [-0.05, 0) is 23.8 Å². The molecule has 0 saturated carbocycles. The second-order valence-electron chi connectivity index (χ2n) is 4.36. The number of amides is 1. The molecular weight excluding hydrogens is 276 g/mol. The summed E-state index contributed by atoms with van der Waals surface area (Å²) in [6, 6.07) is 13.5. The SMILES string of the molecule is Nc1ccc(C(=O)NC(CO)c2ccccc2)cc1Cl. The van der Waals surface area contributed by atoms with Crippen LogP contribution in [0, 0.1) is 0 Å². The summed E-state index contributed by atoms with van der Waals surface area (Å²) in [4.78, 5) is 12.1. The summed E-state index contributed by atoms with van der Waals surface area (Å²) in [5, 5.41) is 12.5. The van der Waals surface area contributed by atoms with Gasteiger partial charge in [-0.3, -0.25) is 4.79 Å². The lowest BCUT2D eigenvalue weighted by Crippen LogP contribution is -2.30. The fourth-order valence-electron chi connectivity index (χ4n) is 1.83. The first-order chi connectivity index (χ1) is 9.61. The van der Waals surface area contributed by atoms with Gasteiger partial charge < -0.3 is 16.2 Å². The van der Waals surface area contributed by atoms with Crippen molar-refractivity contribution in [2.45, 2.75) is 6.04 Å². The lowest BCUT2D eigenvalue weighted by Gasteiger charge is -2.17. The van der Waals surface area contributed by atoms with Crippen molar-refractivity contribution >= 4 is 23.2 Å². The second-order valence-corrected chi connectivity index (χ2v) is 4.76. The molecule has 2 rings (SSSR count). The highest BCUT2D eigenvalue weighted by Crippen LogP contribution is 2.20. The third kappa shape index (κ3) is 3.29. The van der Waals surface area contributed by atoms with E-state index in [2.05, 4.69) is 5.32 Å². The quantitative estimate of drug-likeness (QED) is 0.757. The number of benzene rings is 2. The van der Waals surface area contributed by atoms with Crippen LogP contribution in [0.5, 0.6) is 0 Å². The molecule has 0 spiro atoms. The Kier molecular flexibility index (Phi) is 4.61. The molecule has 2 aromatic carbocycles. The Morgan fingerprint density at radius 2 is 1.95 bits per heavy atom. The number of carbonyl (C=O) groups excluding carboxylic acids is 1. The van der Waals surface area contributed by atoms with E-state index >= 15 is 0 Å². The Bertz CT molecular complexity index is 602. The summed E-state index contributed by atoms with van der Waals surface area (Å²) in [6.07, 6.45) is 0. The highest BCUT2D eigenvalue weighted by Gasteiger charge is 2.15. The largest absolute Gasteiger partial charge is 0.398 e. The van der Waals surface area contributed by atoms with Crippen molar-refractivity contribution < 1.29 is 9.90 Å². The van der Waals surface area contributed by atoms with Crippen LogP contribution in [0.15, 0.2) is 48.5 Å². The van der Waals surface area contributed by atoms with Crippen molar-refractivity contribution in [3.05, 3.63) is 64.7 Å². The molecule has 0 saturated heterocycles. The standard InChI is InChI=1S/C15H15ClN2O2/c16-12-8-11(6-7-13(12)17)15(20)18-14(9-19)10-4-2-1-3-5-10/h1-8,14,19H,9,17H2,(H,18,20). The normalized spacial score (nSPS) is 11.9. The van der Waals surface area contributed by atoms with Crippen LogP contribution in [0.1, 0.15) is 22.0 Å². The lowest BCUT2D eigenvalue weighted by atomic mass is 10.1. The van der Waals surface area contributed by atoms with Gasteiger partial charge in [-0.2, -0.15) is 0 Å². The lowest BCUT2D eigenvalue weighted by molar-refractivity contribution is 0.0916. The van der Waals surface area contributed by atoms with Crippen molar-refractivity contribution in [3.8, 4) is 0 Å². The molecule has 1 amide bonds. The number of aliphatic hydroxyl groups is 1. The molecule has 20 heavy (non-hydrogen) atoms. The summed E-state index contributed by atoms with van der Waals surface area (Å²) in [7, 11) is 0. The number of nitrogens with one attached hydrogen (secondary N) is 1. The van der Waals surface area contributed by atoms with Gasteiger partial charge in [-0.1, -0.05) is 41.9 Å². The van der Waals surface area contributed by atoms with Gasteiger partial charge in [0.2, 0.25) is 0 Å². The fourth-order valence-corrected chi connectivity index (χ4v) is 2.01. The number of carbonyl (C=O) groups is 1. The van der Waals surface area contributed by atoms with E-state index in [1.54, 1.807) is 12.1 Å². The number of nitrogens with two attached hydrogens (primary N) is 1. The van der Waals surface area contributed by atoms with Crippen molar-refractivity contribution in [1.29, 1.82) is 0 Å². The first kappa shape index (κ1) is 14.4. The molecule has 0 aliphatic carbocycles. The zero-order chi connectivity index (χ0) is 14.5. The van der Waals surface area contributed by atoms with Crippen LogP contribution in [0.3, 0.4) is 0 Å². The molecule has 2 aromatic rings. The molecule has 0 fully saturated rings. The molecule has 0 heterocycles. The molecule has 1 atom stereocenters. The van der Waals surface area contributed by atoms with Crippen LogP contribution in [0.2, 0.25) is 5.02 Å². The maximum atomic E-state index is 12.1. The van der Waals surface area contributed by atoms with Crippen LogP contribution in [-0.4, -0.2) is 17.6 Å². The number of nitrogen functional groups attached to an aromatic ring is 1. The summed E-state index contributed by atoms with van der Waals surface area (Å²) >= 11 is 5.89. The molecule has 0 aromatic heterocycles. The zero-order valence-corrected chi connectivity index (χ0v) is 11.5. The molecule has 0 aliphatic heterocycles. The van der Waals surface area contributed by atoms with Crippen LogP contribution in [-0.2, 0) is 0 Å². The average molecular weight is 291 g/mol. The monoisotopic (exact) mass is 290 g/mol. The minimum Gasteiger partial charge on any atom is -0.398 e. The van der Waals surface area contributed by atoms with Gasteiger partial charge in [0.1, 0.15) is 0 Å². The second kappa shape index (κ2) is 6.41. The Hall–Kier alpha value is -2.04. The molecule has 0 bridgehead atoms. The number of hydrogen-bond acceptors (Lipinski definition) is 3. The molecule has 5 heteroatoms. The fraction of sp³-hybridized carbons (Fsp3) is 0.133. The molecule has 104 valence electrons. The van der Waals surface area contributed by atoms with Gasteiger partial charge in [0.15, 0.2) is 0 Å². The highest BCUT2D eigenvalue weighted by atomic mass is 35.5. The van der Waals surface area contributed by atoms with Gasteiger partial charge in [0, 0.05) is 5.56 Å². The van der Waals surface area contributed by atoms with E-state index in [1.165, 1.54) is 6.07 Å². The van der Waals surface area contributed by atoms with Crippen LogP contribution in [0.4, 0.5) is 5.69 Å². The van der Waals surface area contributed by atoms with Crippen molar-refractivity contribution in [2.75, 3.05) is 12.3 Å². The minimum absolute atomic E-state index is 0.182. The number of aliphatic hydroxyl groups excluding tert-OH is 1. The zero-order valence-electron chi connectivity index (χ0n) is 10.7. The Balaban J connectivity index is 2.15. The summed E-state index contributed by atoms with van der Waals surface area (Å²) in [6.45, 7) is -0.182. The molecule has 1 unspecified atom stereocenters. The van der Waals surface area contributed by atoms with Crippen molar-refractivity contribution in [2.24, 2.45) is 0 Å². The maximum Gasteiger partial charge on any atom is 0.251 e. The molecule has 0 radical (unpaired) electrons. The number of halogens is 1. The van der Waals surface area contributed by atoms with E-state index in [9.17, 15) is 9.90 Å². The van der Waals surface area contributed by atoms with Gasteiger partial charge >= 0.3 is 0 Å². The van der Waals surface area contributed by atoms with E-state index in [1.807, 2.05) is 30.3 Å². The minimum atomic E-state index is -0.458. The average Bonchev–Trinajstić information content (AvgIpc) is 2.48. The number of anilines is 1. The van der Waals surface area contributed by atoms with E-state index in [0.29, 0.717) is 16.3 Å². The summed E-state index contributed by atoms with van der Waals surface area (Å²) in [5.41, 5.74) is 7.26. The van der Waals surface area contributed by atoms with E-state index in [-0.39, 0.29) is 12.5 Å². The van der Waals surface area contributed by atoms with Crippen LogP contribution in [0.25, 0.3) is 0 Å². The van der Waals surface area contributed by atoms with E-state index in [4.69, 9.17) is 17.3 Å². The maximum absolute atomic E-state index is 12.1. The van der Waals surface area contributed by atoms with Gasteiger partial charge in [-0.15, -0.1) is 0 Å². The molecular formula is C15H15ClN2O2. The first-order valence-electron chi connectivity index (χ1n) is 6.13. The molecule has 4 nitrogen and oxygen atoms in total. The third-order valence-electron chi connectivity index (χ3n) is 2.95. The number of hydrogen-bond donors (Lipinski definition) is 3. The number of rotatable bonds is 4. The topological polar surface area (TPSA) is 75.4 Å². The Morgan fingerprint density at radius 3 is 2.55 bits per heavy atom. The van der Waals surface area contributed by atoms with E-state index < -0.39 is 6.04 Å². The Labute approximate surface area is 122 Å². The predicted octanol–water partition coefficient (Wildman–Crippen LogP) is 2.39. The van der Waals surface area contributed by atoms with E-state index in [0.717, 1.165) is 5.56 Å². The van der Waals surface area contributed by atoms with Gasteiger partial charge in [-0.25, -0.2) is 0 Å². The molecule has 4 N–H and O–H groups in total. The smallest absolute Gasteiger partial charge is 0.251 e. The van der Waals surface area contributed by atoms with Crippen LogP contribution < -0.4 is 11.1 Å². The predicted molar refractivity (Wildman–Crippen MR) is 79.6 cm³/mol. The van der Waals surface area contributed by atoms with Crippen molar-refractivity contribution in [1.82, 2.24) is 5.32 Å². The van der Waals surface area contributed by atoms with Crippen LogP contribution >= 0.6 is 11.6 Å². The van der Waals surface area contributed by atoms with Crippen molar-refractivity contribution in [3.63, 3.8) is 0 Å². The molecule has 0 aliphatic rings. The Morgan fingerprint density at radius 1 is 1.25 bits per heavy atom. The van der Waals surface area contributed by atoms with Gasteiger partial charge in [0.05, 0.1) is 23.4 Å². The summed E-state index contributed by atoms with van der Waals surface area (Å²) in [5.74, 6) is -0.310. The van der Waals surface area contributed by atoms with Gasteiger partial charge in [0.25, 0.3) is 5.91 Å². The third-order valence-corrected chi connectivity index (χ3v) is 3.28.